The molecule has 3 aromatic rings. The molecule has 1 aliphatic heterocycles. The van der Waals surface area contributed by atoms with Crippen LogP contribution in [-0.4, -0.2) is 22.5 Å². The van der Waals surface area contributed by atoms with E-state index < -0.39 is 0 Å². The van der Waals surface area contributed by atoms with Gasteiger partial charge >= 0.3 is 0 Å². The van der Waals surface area contributed by atoms with E-state index in [9.17, 15) is 4.79 Å². The molecule has 0 spiro atoms. The van der Waals surface area contributed by atoms with Crippen molar-refractivity contribution in [3.05, 3.63) is 60.2 Å². The number of nitrogens with zero attached hydrogens (tertiary/aromatic N) is 2. The fraction of sp³-hybridized carbons (Fsp3) is 0.150. The first-order valence-corrected chi connectivity index (χ1v) is 9.13. The van der Waals surface area contributed by atoms with Crippen molar-refractivity contribution in [2.75, 3.05) is 0 Å². The molecular formula is C20H17N3OS. The van der Waals surface area contributed by atoms with Crippen LogP contribution in [0.15, 0.2) is 64.8 Å². The second kappa shape index (κ2) is 6.69. The molecule has 0 aliphatic carbocycles. The van der Waals surface area contributed by atoms with Gasteiger partial charge in [-0.2, -0.15) is 5.10 Å². The highest BCUT2D eigenvalue weighted by atomic mass is 32.2. The van der Waals surface area contributed by atoms with Gasteiger partial charge in [0.1, 0.15) is 0 Å². The number of nitrogens with one attached hydrogen (secondary N) is 1. The van der Waals surface area contributed by atoms with Crippen molar-refractivity contribution < 1.29 is 4.79 Å². The number of benzene rings is 3. The second-order valence-electron chi connectivity index (χ2n) is 5.89. The lowest BCUT2D eigenvalue weighted by Gasteiger charge is -2.07. The summed E-state index contributed by atoms with van der Waals surface area (Å²) in [4.78, 5) is 11.7. The highest BCUT2D eigenvalue weighted by Gasteiger charge is 2.28. The maximum Gasteiger partial charge on any atom is 0.239 e. The van der Waals surface area contributed by atoms with E-state index in [0.717, 1.165) is 22.8 Å². The Bertz CT molecular complexity index is 972. The lowest BCUT2D eigenvalue weighted by molar-refractivity contribution is -0.118. The highest BCUT2D eigenvalue weighted by Crippen LogP contribution is 2.27. The lowest BCUT2D eigenvalue weighted by atomic mass is 9.97. The summed E-state index contributed by atoms with van der Waals surface area (Å²) in [7, 11) is 0. The summed E-state index contributed by atoms with van der Waals surface area (Å²) in [5, 5.41) is 16.4. The Hall–Kier alpha value is -2.66. The molecule has 4 nitrogen and oxygen atoms in total. The maximum atomic E-state index is 11.7. The van der Waals surface area contributed by atoms with Crippen molar-refractivity contribution in [1.82, 2.24) is 5.32 Å². The molecule has 5 heteroatoms. The van der Waals surface area contributed by atoms with E-state index in [4.69, 9.17) is 0 Å². The fourth-order valence-corrected chi connectivity index (χ4v) is 3.90. The van der Waals surface area contributed by atoms with Gasteiger partial charge in [-0.3, -0.25) is 4.79 Å². The highest BCUT2D eigenvalue weighted by molar-refractivity contribution is 8.15. The monoisotopic (exact) mass is 347 g/mol. The number of amides is 1. The van der Waals surface area contributed by atoms with Crippen LogP contribution in [0.25, 0.3) is 21.5 Å². The third kappa shape index (κ3) is 3.03. The zero-order valence-corrected chi connectivity index (χ0v) is 14.6. The molecule has 0 bridgehead atoms. The van der Waals surface area contributed by atoms with Crippen LogP contribution >= 0.6 is 11.8 Å². The van der Waals surface area contributed by atoms with Crippen LogP contribution < -0.4 is 5.32 Å². The van der Waals surface area contributed by atoms with Gasteiger partial charge in [0.15, 0.2) is 5.17 Å². The van der Waals surface area contributed by atoms with Gasteiger partial charge < -0.3 is 5.32 Å². The molecule has 0 radical (unpaired) electrons. The van der Waals surface area contributed by atoms with E-state index in [2.05, 4.69) is 45.9 Å². The lowest BCUT2D eigenvalue weighted by Crippen LogP contribution is -2.24. The summed E-state index contributed by atoms with van der Waals surface area (Å²) in [6.07, 6.45) is 2.57. The molecule has 0 saturated carbocycles. The number of thioether (sulfide) groups is 1. The molecule has 1 amide bonds. The molecule has 0 aromatic heterocycles. The minimum atomic E-state index is -0.0627. The fourth-order valence-electron chi connectivity index (χ4n) is 3.05. The third-order valence-electron chi connectivity index (χ3n) is 4.30. The van der Waals surface area contributed by atoms with E-state index in [1.54, 1.807) is 6.21 Å². The molecule has 25 heavy (non-hydrogen) atoms. The normalized spacial score (nSPS) is 19.3. The molecule has 1 saturated heterocycles. The number of fused-ring (bicyclic) bond motifs is 2. The average molecular weight is 347 g/mol. The van der Waals surface area contributed by atoms with E-state index in [-0.39, 0.29) is 11.2 Å². The molecule has 1 atom stereocenters. The van der Waals surface area contributed by atoms with Crippen LogP contribution in [0, 0.1) is 0 Å². The van der Waals surface area contributed by atoms with Crippen LogP contribution in [0.5, 0.6) is 0 Å². The van der Waals surface area contributed by atoms with Gasteiger partial charge in [0.25, 0.3) is 0 Å². The van der Waals surface area contributed by atoms with Crippen LogP contribution in [0.1, 0.15) is 18.9 Å². The molecule has 3 aromatic carbocycles. The van der Waals surface area contributed by atoms with Gasteiger partial charge in [0.05, 0.1) is 11.5 Å². The first-order chi connectivity index (χ1) is 12.3. The van der Waals surface area contributed by atoms with Gasteiger partial charge in [0, 0.05) is 5.56 Å². The first kappa shape index (κ1) is 15.8. The summed E-state index contributed by atoms with van der Waals surface area (Å²) >= 11 is 1.44. The molecule has 1 N–H and O–H groups in total. The Labute approximate surface area is 150 Å². The van der Waals surface area contributed by atoms with E-state index >= 15 is 0 Å². The van der Waals surface area contributed by atoms with E-state index in [0.29, 0.717) is 5.17 Å². The van der Waals surface area contributed by atoms with Gasteiger partial charge in [-0.25, -0.2) is 0 Å². The molecule has 4 rings (SSSR count). The van der Waals surface area contributed by atoms with Crippen molar-refractivity contribution in [2.24, 2.45) is 10.2 Å². The second-order valence-corrected chi connectivity index (χ2v) is 7.08. The standard InChI is InChI=1S/C20H17N3OS/c1-2-18-19(24)22-20(25-18)23-21-12-17-15-9-5-3-7-13(15)11-14-8-4-6-10-16(14)17/h3-12,18H,2H2,1H3,(H,22,23,24). The minimum Gasteiger partial charge on any atom is -0.303 e. The Morgan fingerprint density at radius 3 is 2.32 bits per heavy atom. The SMILES string of the molecule is CCC1SC(=NN=Cc2c3ccccc3cc3ccccc23)NC1=O. The number of carbonyl (C=O) groups excluding carboxylic acids is 1. The summed E-state index contributed by atoms with van der Waals surface area (Å²) in [6, 6.07) is 18.7. The Kier molecular flexibility index (Phi) is 4.24. The number of amidine groups is 1. The minimum absolute atomic E-state index is 0.0112. The van der Waals surface area contributed by atoms with Gasteiger partial charge in [-0.15, -0.1) is 5.10 Å². The van der Waals surface area contributed by atoms with Crippen LogP contribution in [0.3, 0.4) is 0 Å². The van der Waals surface area contributed by atoms with Crippen LogP contribution in [0.4, 0.5) is 0 Å². The van der Waals surface area contributed by atoms with Gasteiger partial charge in [0.2, 0.25) is 5.91 Å². The molecule has 1 unspecified atom stereocenters. The molecular weight excluding hydrogens is 330 g/mol. The van der Waals surface area contributed by atoms with Crippen molar-refractivity contribution in [3.8, 4) is 0 Å². The number of hydrogen-bond acceptors (Lipinski definition) is 4. The van der Waals surface area contributed by atoms with Crippen LogP contribution in [-0.2, 0) is 4.79 Å². The first-order valence-electron chi connectivity index (χ1n) is 8.25. The predicted octanol–water partition coefficient (Wildman–Crippen LogP) is 4.32. The van der Waals surface area contributed by atoms with Crippen molar-refractivity contribution in [1.29, 1.82) is 0 Å². The van der Waals surface area contributed by atoms with Gasteiger partial charge in [-0.05, 0) is 34.0 Å². The van der Waals surface area contributed by atoms with Crippen molar-refractivity contribution in [2.45, 2.75) is 18.6 Å². The van der Waals surface area contributed by atoms with E-state index in [1.807, 2.05) is 31.2 Å². The quantitative estimate of drug-likeness (QED) is 0.436. The smallest absolute Gasteiger partial charge is 0.239 e. The largest absolute Gasteiger partial charge is 0.303 e. The van der Waals surface area contributed by atoms with Crippen molar-refractivity contribution in [3.63, 3.8) is 0 Å². The Morgan fingerprint density at radius 1 is 1.08 bits per heavy atom. The Balaban J connectivity index is 1.76. The maximum absolute atomic E-state index is 11.7. The molecule has 1 fully saturated rings. The molecule has 1 aliphatic rings. The summed E-state index contributed by atoms with van der Waals surface area (Å²) in [5.41, 5.74) is 1.04. The average Bonchev–Trinajstić information content (AvgIpc) is 3.01. The predicted molar refractivity (Wildman–Crippen MR) is 106 cm³/mol. The van der Waals surface area contributed by atoms with Gasteiger partial charge in [-0.1, -0.05) is 67.2 Å². The zero-order valence-electron chi connectivity index (χ0n) is 13.8. The topological polar surface area (TPSA) is 53.8 Å². The number of rotatable bonds is 3. The number of carbonyl (C=O) groups is 1. The van der Waals surface area contributed by atoms with Crippen LogP contribution in [0.2, 0.25) is 0 Å². The summed E-state index contributed by atoms with van der Waals surface area (Å²) < 4.78 is 0. The zero-order chi connectivity index (χ0) is 17.2. The summed E-state index contributed by atoms with van der Waals surface area (Å²) in [6.45, 7) is 1.99. The third-order valence-corrected chi connectivity index (χ3v) is 5.53. The molecule has 124 valence electrons. The number of hydrogen-bond donors (Lipinski definition) is 1. The summed E-state index contributed by atoms with van der Waals surface area (Å²) in [5.74, 6) is 0.0112. The molecule has 1 heterocycles. The van der Waals surface area contributed by atoms with E-state index in [1.165, 1.54) is 22.5 Å². The van der Waals surface area contributed by atoms with Crippen molar-refractivity contribution >= 4 is 50.6 Å². The Morgan fingerprint density at radius 2 is 1.72 bits per heavy atom.